The summed E-state index contributed by atoms with van der Waals surface area (Å²) in [5.41, 5.74) is 2.04. The Morgan fingerprint density at radius 1 is 1.04 bits per heavy atom. The third-order valence-electron chi connectivity index (χ3n) is 3.94. The van der Waals surface area contributed by atoms with Crippen LogP contribution in [0, 0.1) is 11.7 Å². The Bertz CT molecular complexity index is 775. The van der Waals surface area contributed by atoms with Crippen molar-refractivity contribution in [2.24, 2.45) is 5.92 Å². The Hall–Kier alpha value is -2.89. The van der Waals surface area contributed by atoms with Crippen molar-refractivity contribution in [3.05, 3.63) is 59.9 Å². The van der Waals surface area contributed by atoms with Crippen molar-refractivity contribution < 1.29 is 14.0 Å². The molecule has 2 rings (SSSR count). The van der Waals surface area contributed by atoms with E-state index >= 15 is 0 Å². The molecule has 0 heterocycles. The number of carbonyl (C=O) groups excluding carboxylic acids is 2. The SMILES string of the molecule is CCN(Cc1cccc(F)c1)C(=O)Nc1ccc(NC(=O)CC(C)C)cc1. The van der Waals surface area contributed by atoms with Gasteiger partial charge in [0.05, 0.1) is 0 Å². The Morgan fingerprint density at radius 3 is 2.22 bits per heavy atom. The summed E-state index contributed by atoms with van der Waals surface area (Å²) in [6, 6.07) is 12.9. The average Bonchev–Trinajstić information content (AvgIpc) is 2.60. The first-order chi connectivity index (χ1) is 12.9. The molecule has 3 amide bonds. The number of anilines is 2. The van der Waals surface area contributed by atoms with Crippen LogP contribution in [0.4, 0.5) is 20.6 Å². The number of nitrogens with one attached hydrogen (secondary N) is 2. The van der Waals surface area contributed by atoms with Gasteiger partial charge < -0.3 is 15.5 Å². The van der Waals surface area contributed by atoms with Gasteiger partial charge in [0.1, 0.15) is 5.82 Å². The van der Waals surface area contributed by atoms with Crippen LogP contribution in [0.15, 0.2) is 48.5 Å². The molecule has 0 aliphatic rings. The van der Waals surface area contributed by atoms with Crippen LogP contribution in [0.25, 0.3) is 0 Å². The van der Waals surface area contributed by atoms with E-state index in [2.05, 4.69) is 10.6 Å². The highest BCUT2D eigenvalue weighted by atomic mass is 19.1. The lowest BCUT2D eigenvalue weighted by Gasteiger charge is -2.21. The topological polar surface area (TPSA) is 61.4 Å². The van der Waals surface area contributed by atoms with Crippen LogP contribution in [0.1, 0.15) is 32.8 Å². The highest BCUT2D eigenvalue weighted by Gasteiger charge is 2.13. The van der Waals surface area contributed by atoms with Crippen molar-refractivity contribution in [1.82, 2.24) is 4.90 Å². The second kappa shape index (κ2) is 9.71. The number of hydrogen-bond acceptors (Lipinski definition) is 2. The summed E-state index contributed by atoms with van der Waals surface area (Å²) in [6.45, 7) is 6.66. The number of nitrogens with zero attached hydrogens (tertiary/aromatic N) is 1. The van der Waals surface area contributed by atoms with E-state index in [0.29, 0.717) is 36.8 Å². The minimum absolute atomic E-state index is 0.0333. The maximum Gasteiger partial charge on any atom is 0.322 e. The van der Waals surface area contributed by atoms with Gasteiger partial charge >= 0.3 is 6.03 Å². The van der Waals surface area contributed by atoms with Crippen LogP contribution < -0.4 is 10.6 Å². The van der Waals surface area contributed by atoms with E-state index in [4.69, 9.17) is 0 Å². The van der Waals surface area contributed by atoms with E-state index in [1.54, 1.807) is 41.3 Å². The van der Waals surface area contributed by atoms with Crippen molar-refractivity contribution in [1.29, 1.82) is 0 Å². The maximum absolute atomic E-state index is 13.3. The number of benzene rings is 2. The molecule has 0 saturated heterocycles. The average molecular weight is 371 g/mol. The molecule has 5 nitrogen and oxygen atoms in total. The number of carbonyl (C=O) groups is 2. The lowest BCUT2D eigenvalue weighted by molar-refractivity contribution is -0.116. The van der Waals surface area contributed by atoms with Crippen molar-refractivity contribution >= 4 is 23.3 Å². The molecule has 6 heteroatoms. The first-order valence-electron chi connectivity index (χ1n) is 9.07. The number of amides is 3. The zero-order valence-electron chi connectivity index (χ0n) is 16.0. The first kappa shape index (κ1) is 20.4. The van der Waals surface area contributed by atoms with Crippen molar-refractivity contribution in [3.63, 3.8) is 0 Å². The van der Waals surface area contributed by atoms with Gasteiger partial charge in [0.15, 0.2) is 0 Å². The molecule has 0 unspecified atom stereocenters. The van der Waals surface area contributed by atoms with Crippen molar-refractivity contribution in [2.45, 2.75) is 33.7 Å². The minimum Gasteiger partial charge on any atom is -0.326 e. The second-order valence-electron chi connectivity index (χ2n) is 6.80. The van der Waals surface area contributed by atoms with E-state index in [9.17, 15) is 14.0 Å². The molecule has 0 aliphatic carbocycles. The number of hydrogen-bond donors (Lipinski definition) is 2. The molecule has 2 N–H and O–H groups in total. The summed E-state index contributed by atoms with van der Waals surface area (Å²) in [7, 11) is 0. The number of urea groups is 1. The standard InChI is InChI=1S/C21H26FN3O2/c1-4-25(14-16-6-5-7-17(22)13-16)21(27)24-19-10-8-18(9-11-19)23-20(26)12-15(2)3/h5-11,13,15H,4,12,14H2,1-3H3,(H,23,26)(H,24,27). The molecule has 0 saturated carbocycles. The third kappa shape index (κ3) is 6.73. The normalized spacial score (nSPS) is 10.6. The van der Waals surface area contributed by atoms with Crippen molar-refractivity contribution in [3.8, 4) is 0 Å². The largest absolute Gasteiger partial charge is 0.326 e. The fourth-order valence-corrected chi connectivity index (χ4v) is 2.61. The zero-order valence-corrected chi connectivity index (χ0v) is 16.0. The van der Waals surface area contributed by atoms with E-state index < -0.39 is 0 Å². The van der Waals surface area contributed by atoms with Gasteiger partial charge in [-0.05, 0) is 54.8 Å². The fraction of sp³-hybridized carbons (Fsp3) is 0.333. The van der Waals surface area contributed by atoms with Gasteiger partial charge in [-0.15, -0.1) is 0 Å². The number of halogens is 1. The summed E-state index contributed by atoms with van der Waals surface area (Å²) < 4.78 is 13.3. The summed E-state index contributed by atoms with van der Waals surface area (Å²) >= 11 is 0. The molecule has 2 aromatic carbocycles. The molecule has 0 bridgehead atoms. The molecule has 0 radical (unpaired) electrons. The quantitative estimate of drug-likeness (QED) is 0.730. The third-order valence-corrected chi connectivity index (χ3v) is 3.94. The van der Waals surface area contributed by atoms with Crippen LogP contribution in [0.2, 0.25) is 0 Å². The molecule has 27 heavy (non-hydrogen) atoms. The zero-order chi connectivity index (χ0) is 19.8. The molecule has 144 valence electrons. The van der Waals surface area contributed by atoms with Gasteiger partial charge in [0.25, 0.3) is 0 Å². The van der Waals surface area contributed by atoms with Crippen LogP contribution in [0.5, 0.6) is 0 Å². The van der Waals surface area contributed by atoms with Gasteiger partial charge in [-0.3, -0.25) is 4.79 Å². The Morgan fingerprint density at radius 2 is 1.67 bits per heavy atom. The molecule has 2 aromatic rings. The van der Waals surface area contributed by atoms with Crippen LogP contribution in [-0.2, 0) is 11.3 Å². The van der Waals surface area contributed by atoms with Crippen LogP contribution >= 0.6 is 0 Å². The highest BCUT2D eigenvalue weighted by Crippen LogP contribution is 2.16. The lowest BCUT2D eigenvalue weighted by atomic mass is 10.1. The van der Waals surface area contributed by atoms with Gasteiger partial charge in [0.2, 0.25) is 5.91 Å². The first-order valence-corrected chi connectivity index (χ1v) is 9.07. The fourth-order valence-electron chi connectivity index (χ4n) is 2.61. The summed E-state index contributed by atoms with van der Waals surface area (Å²) in [4.78, 5) is 25.9. The molecular formula is C21H26FN3O2. The molecule has 0 atom stereocenters. The van der Waals surface area contributed by atoms with Crippen molar-refractivity contribution in [2.75, 3.05) is 17.2 Å². The monoisotopic (exact) mass is 371 g/mol. The highest BCUT2D eigenvalue weighted by molar-refractivity contribution is 5.92. The summed E-state index contributed by atoms with van der Waals surface area (Å²) in [5.74, 6) is -0.0604. The number of rotatable bonds is 7. The molecule has 0 spiro atoms. The lowest BCUT2D eigenvalue weighted by Crippen LogP contribution is -2.34. The molecular weight excluding hydrogens is 345 g/mol. The minimum atomic E-state index is -0.320. The van der Waals surface area contributed by atoms with E-state index in [1.165, 1.54) is 12.1 Å². The summed E-state index contributed by atoms with van der Waals surface area (Å²) in [6.07, 6.45) is 0.462. The second-order valence-corrected chi connectivity index (χ2v) is 6.80. The van der Waals surface area contributed by atoms with E-state index in [1.807, 2.05) is 20.8 Å². The van der Waals surface area contributed by atoms with Crippen LogP contribution in [-0.4, -0.2) is 23.4 Å². The van der Waals surface area contributed by atoms with E-state index in [0.717, 1.165) is 5.56 Å². The Balaban J connectivity index is 1.94. The smallest absolute Gasteiger partial charge is 0.322 e. The van der Waals surface area contributed by atoms with E-state index in [-0.39, 0.29) is 17.8 Å². The van der Waals surface area contributed by atoms with Gasteiger partial charge in [-0.1, -0.05) is 26.0 Å². The van der Waals surface area contributed by atoms with Gasteiger partial charge in [0, 0.05) is 30.9 Å². The molecule has 0 fully saturated rings. The molecule has 0 aromatic heterocycles. The summed E-state index contributed by atoms with van der Waals surface area (Å²) in [5, 5.41) is 5.65. The predicted molar refractivity (Wildman–Crippen MR) is 106 cm³/mol. The van der Waals surface area contributed by atoms with Crippen LogP contribution in [0.3, 0.4) is 0 Å². The Labute approximate surface area is 159 Å². The molecule has 0 aliphatic heterocycles. The predicted octanol–water partition coefficient (Wildman–Crippen LogP) is 4.86. The van der Waals surface area contributed by atoms with Gasteiger partial charge in [-0.2, -0.15) is 0 Å². The van der Waals surface area contributed by atoms with Gasteiger partial charge in [-0.25, -0.2) is 9.18 Å². The maximum atomic E-state index is 13.3. The Kier molecular flexibility index (Phi) is 7.34.